The van der Waals surface area contributed by atoms with Crippen LogP contribution in [0.1, 0.15) is 25.0 Å². The maximum Gasteiger partial charge on any atom is 0.0649 e. The van der Waals surface area contributed by atoms with Gasteiger partial charge in [-0.15, -0.1) is 0 Å². The van der Waals surface area contributed by atoms with Gasteiger partial charge in [-0.1, -0.05) is 35.4 Å². The molecule has 0 amide bonds. The molecule has 0 radical (unpaired) electrons. The number of aryl methyl sites for hydroxylation is 1. The van der Waals surface area contributed by atoms with Crippen LogP contribution in [-0.2, 0) is 0 Å². The predicted octanol–water partition coefficient (Wildman–Crippen LogP) is 3.29. The largest absolute Gasteiger partial charge is 0.269 e. The molecule has 0 bridgehead atoms. The molecule has 0 aliphatic rings. The Kier molecular flexibility index (Phi) is 3.67. The molecule has 0 aromatic heterocycles. The number of hydrogen-bond acceptors (Lipinski definition) is 2. The molecule has 1 aromatic carbocycles. The van der Waals surface area contributed by atoms with Crippen molar-refractivity contribution >= 4 is 12.4 Å². The minimum Gasteiger partial charge on any atom is -0.269 e. The molecule has 0 aliphatic heterocycles. The first-order chi connectivity index (χ1) is 7.06. The fourth-order valence-electron chi connectivity index (χ4n) is 1.58. The van der Waals surface area contributed by atoms with Crippen LogP contribution in [0.15, 0.2) is 34.9 Å². The van der Waals surface area contributed by atoms with Crippen LogP contribution in [0.25, 0.3) is 5.70 Å². The predicted molar refractivity (Wildman–Crippen MR) is 66.8 cm³/mol. The van der Waals surface area contributed by atoms with E-state index >= 15 is 0 Å². The lowest BCUT2D eigenvalue weighted by Crippen LogP contribution is -2.10. The normalized spacial score (nSPS) is 9.60. The third kappa shape index (κ3) is 2.69. The zero-order valence-corrected chi connectivity index (χ0v) is 9.91. The van der Waals surface area contributed by atoms with E-state index < -0.39 is 0 Å². The maximum atomic E-state index is 3.93. The lowest BCUT2D eigenvalue weighted by Gasteiger charge is -2.19. The highest BCUT2D eigenvalue weighted by Crippen LogP contribution is 2.22. The maximum absolute atomic E-state index is 3.93. The van der Waals surface area contributed by atoms with Gasteiger partial charge in [-0.3, -0.25) is 5.01 Å². The average molecular weight is 202 g/mol. The summed E-state index contributed by atoms with van der Waals surface area (Å²) in [5, 5.41) is 5.74. The minimum atomic E-state index is 1.12. The molecule has 0 atom stereocenters. The van der Waals surface area contributed by atoms with Crippen LogP contribution in [0.3, 0.4) is 0 Å². The van der Waals surface area contributed by atoms with E-state index in [0.29, 0.717) is 0 Å². The average Bonchev–Trinajstić information content (AvgIpc) is 2.20. The van der Waals surface area contributed by atoms with Crippen molar-refractivity contribution in [1.82, 2.24) is 5.01 Å². The summed E-state index contributed by atoms with van der Waals surface area (Å²) in [7, 11) is 1.91. The number of hydrogen-bond donors (Lipinski definition) is 0. The molecule has 15 heavy (non-hydrogen) atoms. The van der Waals surface area contributed by atoms with Crippen molar-refractivity contribution in [3.63, 3.8) is 0 Å². The SMILES string of the molecule is C=NN(C)C(=C(C)C)c1ccc(C)cc1. The van der Waals surface area contributed by atoms with Crippen molar-refractivity contribution in [3.8, 4) is 0 Å². The van der Waals surface area contributed by atoms with Gasteiger partial charge in [0.25, 0.3) is 0 Å². The van der Waals surface area contributed by atoms with E-state index in [-0.39, 0.29) is 0 Å². The van der Waals surface area contributed by atoms with Crippen LogP contribution in [0.2, 0.25) is 0 Å². The first-order valence-electron chi connectivity index (χ1n) is 5.01. The number of nitrogens with zero attached hydrogens (tertiary/aromatic N) is 2. The highest BCUT2D eigenvalue weighted by molar-refractivity contribution is 5.66. The summed E-state index contributed by atoms with van der Waals surface area (Å²) < 4.78 is 0. The highest BCUT2D eigenvalue weighted by Gasteiger charge is 2.07. The van der Waals surface area contributed by atoms with Crippen molar-refractivity contribution in [2.75, 3.05) is 7.05 Å². The molecule has 0 fully saturated rings. The topological polar surface area (TPSA) is 15.6 Å². The molecule has 0 saturated heterocycles. The Hall–Kier alpha value is -1.57. The molecular weight excluding hydrogens is 184 g/mol. The summed E-state index contributed by atoms with van der Waals surface area (Å²) in [5.74, 6) is 0. The molecule has 2 heteroatoms. The fourth-order valence-corrected chi connectivity index (χ4v) is 1.58. The first-order valence-corrected chi connectivity index (χ1v) is 5.01. The number of rotatable bonds is 3. The molecule has 0 saturated carbocycles. The fraction of sp³-hybridized carbons (Fsp3) is 0.308. The summed E-state index contributed by atoms with van der Waals surface area (Å²) in [6, 6.07) is 8.43. The summed E-state index contributed by atoms with van der Waals surface area (Å²) in [5.41, 5.74) is 4.79. The Bertz CT molecular complexity index is 370. The van der Waals surface area contributed by atoms with Crippen LogP contribution in [0.5, 0.6) is 0 Å². The molecule has 2 nitrogen and oxygen atoms in total. The zero-order valence-electron chi connectivity index (χ0n) is 9.91. The monoisotopic (exact) mass is 202 g/mol. The van der Waals surface area contributed by atoms with Crippen LogP contribution < -0.4 is 0 Å². The van der Waals surface area contributed by atoms with E-state index in [1.54, 1.807) is 5.01 Å². The van der Waals surface area contributed by atoms with Gasteiger partial charge >= 0.3 is 0 Å². The van der Waals surface area contributed by atoms with Gasteiger partial charge in [-0.05, 0) is 26.3 Å². The van der Waals surface area contributed by atoms with E-state index in [0.717, 1.165) is 5.70 Å². The smallest absolute Gasteiger partial charge is 0.0649 e. The summed E-state index contributed by atoms with van der Waals surface area (Å²) in [4.78, 5) is 0. The molecule has 0 spiro atoms. The van der Waals surface area contributed by atoms with Gasteiger partial charge in [0.1, 0.15) is 0 Å². The quantitative estimate of drug-likeness (QED) is 0.542. The van der Waals surface area contributed by atoms with E-state index in [1.807, 2.05) is 7.05 Å². The van der Waals surface area contributed by atoms with Gasteiger partial charge in [0.2, 0.25) is 0 Å². The summed E-state index contributed by atoms with van der Waals surface area (Å²) in [6.45, 7) is 9.79. The van der Waals surface area contributed by atoms with Gasteiger partial charge < -0.3 is 0 Å². The third-order valence-electron chi connectivity index (χ3n) is 2.33. The first kappa shape index (κ1) is 11.5. The molecule has 0 unspecified atom stereocenters. The van der Waals surface area contributed by atoms with Crippen molar-refractivity contribution in [2.24, 2.45) is 5.10 Å². The van der Waals surface area contributed by atoms with Gasteiger partial charge in [0.15, 0.2) is 0 Å². The van der Waals surface area contributed by atoms with Gasteiger partial charge in [-0.2, -0.15) is 5.10 Å². The molecule has 0 aliphatic carbocycles. The molecule has 0 N–H and O–H groups in total. The van der Waals surface area contributed by atoms with Crippen LogP contribution in [0.4, 0.5) is 0 Å². The highest BCUT2D eigenvalue weighted by atomic mass is 15.4. The van der Waals surface area contributed by atoms with Crippen molar-refractivity contribution in [1.29, 1.82) is 0 Å². The molecule has 1 rings (SSSR count). The van der Waals surface area contributed by atoms with E-state index in [1.165, 1.54) is 16.7 Å². The molecule has 0 heterocycles. The zero-order chi connectivity index (χ0) is 11.4. The van der Waals surface area contributed by atoms with E-state index in [4.69, 9.17) is 0 Å². The lowest BCUT2D eigenvalue weighted by molar-refractivity contribution is 0.518. The van der Waals surface area contributed by atoms with E-state index in [2.05, 4.69) is 56.9 Å². The second-order valence-corrected chi connectivity index (χ2v) is 3.88. The second-order valence-electron chi connectivity index (χ2n) is 3.88. The second kappa shape index (κ2) is 4.78. The van der Waals surface area contributed by atoms with Gasteiger partial charge in [0.05, 0.1) is 5.70 Å². The van der Waals surface area contributed by atoms with Crippen LogP contribution >= 0.6 is 0 Å². The minimum absolute atomic E-state index is 1.12. The van der Waals surface area contributed by atoms with Crippen molar-refractivity contribution in [3.05, 3.63) is 41.0 Å². The summed E-state index contributed by atoms with van der Waals surface area (Å²) >= 11 is 0. The number of hydrazone groups is 1. The molecular formula is C13H18N2. The van der Waals surface area contributed by atoms with Gasteiger partial charge in [0, 0.05) is 13.8 Å². The summed E-state index contributed by atoms with van der Waals surface area (Å²) in [6.07, 6.45) is 0. The van der Waals surface area contributed by atoms with Gasteiger partial charge in [-0.25, -0.2) is 0 Å². The molecule has 1 aromatic rings. The van der Waals surface area contributed by atoms with Crippen molar-refractivity contribution < 1.29 is 0 Å². The molecule has 80 valence electrons. The van der Waals surface area contributed by atoms with Crippen molar-refractivity contribution in [2.45, 2.75) is 20.8 Å². The number of allylic oxidation sites excluding steroid dienone is 1. The Labute approximate surface area is 91.9 Å². The Morgan fingerprint density at radius 3 is 2.13 bits per heavy atom. The lowest BCUT2D eigenvalue weighted by atomic mass is 10.1. The van der Waals surface area contributed by atoms with Crippen LogP contribution in [0, 0.1) is 6.92 Å². The third-order valence-corrected chi connectivity index (χ3v) is 2.33. The van der Waals surface area contributed by atoms with Crippen LogP contribution in [-0.4, -0.2) is 18.8 Å². The standard InChI is InChI=1S/C13H18N2/c1-10(2)13(15(5)14-4)12-8-6-11(3)7-9-12/h6-9H,4H2,1-3,5H3. The Morgan fingerprint density at radius 2 is 1.73 bits per heavy atom. The Balaban J connectivity index is 3.17. The number of benzene rings is 1. The van der Waals surface area contributed by atoms with E-state index in [9.17, 15) is 0 Å². The Morgan fingerprint density at radius 1 is 1.20 bits per heavy atom.